The molecule has 0 saturated heterocycles. The molecule has 1 heterocycles. The summed E-state index contributed by atoms with van der Waals surface area (Å²) in [5, 5.41) is 13.2. The van der Waals surface area contributed by atoms with Crippen molar-refractivity contribution in [3.63, 3.8) is 0 Å². The highest BCUT2D eigenvalue weighted by Gasteiger charge is 2.17. The fraction of sp³-hybridized carbons (Fsp3) is 0.150. The third-order valence-electron chi connectivity index (χ3n) is 3.73. The number of aromatic nitrogens is 2. The van der Waals surface area contributed by atoms with E-state index in [9.17, 15) is 9.90 Å². The van der Waals surface area contributed by atoms with Gasteiger partial charge in [0.25, 0.3) is 0 Å². The third kappa shape index (κ3) is 3.97. The van der Waals surface area contributed by atoms with Gasteiger partial charge in [0.2, 0.25) is 0 Å². The van der Waals surface area contributed by atoms with Crippen molar-refractivity contribution >= 4 is 11.8 Å². The number of phenolic OH excluding ortho intramolecular Hbond substituents is 1. The van der Waals surface area contributed by atoms with Crippen LogP contribution in [0.2, 0.25) is 0 Å². The summed E-state index contributed by atoms with van der Waals surface area (Å²) < 4.78 is 5.08. The smallest absolute Gasteiger partial charge is 0.343 e. The Bertz CT molecular complexity index is 898. The van der Waals surface area contributed by atoms with Gasteiger partial charge in [-0.15, -0.1) is 0 Å². The van der Waals surface area contributed by atoms with Crippen LogP contribution in [0.3, 0.4) is 0 Å². The van der Waals surface area contributed by atoms with Crippen LogP contribution >= 0.6 is 0 Å². The van der Waals surface area contributed by atoms with Gasteiger partial charge in [-0.05, 0) is 24.6 Å². The van der Waals surface area contributed by atoms with Crippen molar-refractivity contribution in [1.29, 1.82) is 0 Å². The van der Waals surface area contributed by atoms with E-state index in [4.69, 9.17) is 4.74 Å². The maximum Gasteiger partial charge on any atom is 0.343 e. The number of ether oxygens (including phenoxy) is 1. The number of carbonyl (C=O) groups is 1. The van der Waals surface area contributed by atoms with Crippen LogP contribution < -0.4 is 5.32 Å². The minimum Gasteiger partial charge on any atom is -0.507 e. The van der Waals surface area contributed by atoms with Crippen molar-refractivity contribution in [1.82, 2.24) is 9.97 Å². The molecule has 0 radical (unpaired) electrons. The summed E-state index contributed by atoms with van der Waals surface area (Å²) in [4.78, 5) is 20.9. The third-order valence-corrected chi connectivity index (χ3v) is 3.73. The molecule has 0 aliphatic heterocycles. The maximum atomic E-state index is 12.2. The Balaban J connectivity index is 1.95. The van der Waals surface area contributed by atoms with Gasteiger partial charge in [0.1, 0.15) is 17.1 Å². The first-order valence-electron chi connectivity index (χ1n) is 8.29. The zero-order valence-corrected chi connectivity index (χ0v) is 14.3. The summed E-state index contributed by atoms with van der Waals surface area (Å²) in [5.41, 5.74) is 1.79. The first kappa shape index (κ1) is 17.4. The average Bonchev–Trinajstić information content (AvgIpc) is 2.67. The monoisotopic (exact) mass is 349 g/mol. The summed E-state index contributed by atoms with van der Waals surface area (Å²) in [5.74, 6) is 0.268. The average molecular weight is 349 g/mol. The number of hydrogen-bond acceptors (Lipinski definition) is 6. The van der Waals surface area contributed by atoms with Crippen molar-refractivity contribution in [3.8, 4) is 17.1 Å². The number of para-hydroxylation sites is 1. The molecule has 0 fully saturated rings. The van der Waals surface area contributed by atoms with Gasteiger partial charge in [-0.1, -0.05) is 42.5 Å². The molecule has 2 N–H and O–H groups in total. The Labute approximate surface area is 151 Å². The van der Waals surface area contributed by atoms with E-state index >= 15 is 0 Å². The van der Waals surface area contributed by atoms with Crippen LogP contribution in [0.5, 0.6) is 5.75 Å². The SMILES string of the molecule is CCOC(=O)c1cnc(-c2ccccc2O)nc1NCc1ccccc1. The lowest BCUT2D eigenvalue weighted by molar-refractivity contribution is 0.0526. The normalized spacial score (nSPS) is 10.3. The zero-order valence-electron chi connectivity index (χ0n) is 14.3. The Hall–Kier alpha value is -3.41. The van der Waals surface area contributed by atoms with Crippen LogP contribution in [-0.4, -0.2) is 27.7 Å². The van der Waals surface area contributed by atoms with E-state index < -0.39 is 5.97 Å². The molecular weight excluding hydrogens is 330 g/mol. The molecule has 0 bridgehead atoms. The Morgan fingerprint density at radius 1 is 1.12 bits per heavy atom. The highest BCUT2D eigenvalue weighted by atomic mass is 16.5. The Kier molecular flexibility index (Phi) is 5.43. The number of esters is 1. The molecule has 1 aromatic heterocycles. The molecule has 0 atom stereocenters. The largest absolute Gasteiger partial charge is 0.507 e. The first-order valence-corrected chi connectivity index (χ1v) is 8.29. The number of benzene rings is 2. The van der Waals surface area contributed by atoms with Crippen molar-refractivity contribution in [2.75, 3.05) is 11.9 Å². The minimum absolute atomic E-state index is 0.0744. The predicted molar refractivity (Wildman–Crippen MR) is 98.9 cm³/mol. The lowest BCUT2D eigenvalue weighted by Gasteiger charge is -2.12. The van der Waals surface area contributed by atoms with Gasteiger partial charge in [0, 0.05) is 12.7 Å². The Morgan fingerprint density at radius 2 is 1.85 bits per heavy atom. The highest BCUT2D eigenvalue weighted by Crippen LogP contribution is 2.27. The van der Waals surface area contributed by atoms with Gasteiger partial charge in [-0.25, -0.2) is 14.8 Å². The molecule has 0 unspecified atom stereocenters. The number of phenols is 1. The number of aromatic hydroxyl groups is 1. The topological polar surface area (TPSA) is 84.3 Å². The van der Waals surface area contributed by atoms with Crippen LogP contribution in [0.4, 0.5) is 5.82 Å². The van der Waals surface area contributed by atoms with Crippen LogP contribution in [-0.2, 0) is 11.3 Å². The standard InChI is InChI=1S/C20H19N3O3/c1-2-26-20(25)16-13-22-18(15-10-6-7-11-17(15)24)23-19(16)21-12-14-8-4-3-5-9-14/h3-11,13,24H,2,12H2,1H3,(H,21,22,23). The maximum absolute atomic E-state index is 12.2. The second-order valence-electron chi connectivity index (χ2n) is 5.53. The summed E-state index contributed by atoms with van der Waals surface area (Å²) in [6.45, 7) is 2.49. The molecule has 6 nitrogen and oxygen atoms in total. The zero-order chi connectivity index (χ0) is 18.4. The summed E-state index contributed by atoms with van der Waals surface area (Å²) in [6.07, 6.45) is 1.42. The van der Waals surface area contributed by atoms with Gasteiger partial charge in [-0.3, -0.25) is 0 Å². The molecule has 0 aliphatic carbocycles. The van der Waals surface area contributed by atoms with Crippen LogP contribution in [0.25, 0.3) is 11.4 Å². The lowest BCUT2D eigenvalue weighted by Crippen LogP contribution is -2.13. The Morgan fingerprint density at radius 3 is 2.58 bits per heavy atom. The number of nitrogens with one attached hydrogen (secondary N) is 1. The van der Waals surface area contributed by atoms with Gasteiger partial charge in [0.05, 0.1) is 12.2 Å². The minimum atomic E-state index is -0.494. The first-order chi connectivity index (χ1) is 12.7. The van der Waals surface area contributed by atoms with E-state index in [-0.39, 0.29) is 17.9 Å². The quantitative estimate of drug-likeness (QED) is 0.661. The molecule has 3 rings (SSSR count). The van der Waals surface area contributed by atoms with E-state index in [0.717, 1.165) is 5.56 Å². The molecule has 6 heteroatoms. The van der Waals surface area contributed by atoms with Crippen LogP contribution in [0, 0.1) is 0 Å². The van der Waals surface area contributed by atoms with Gasteiger partial charge in [-0.2, -0.15) is 0 Å². The number of carbonyl (C=O) groups excluding carboxylic acids is 1. The van der Waals surface area contributed by atoms with Crippen molar-refractivity contribution < 1.29 is 14.6 Å². The number of hydrogen-bond donors (Lipinski definition) is 2. The second kappa shape index (κ2) is 8.11. The van der Waals surface area contributed by atoms with E-state index in [2.05, 4.69) is 15.3 Å². The molecule has 0 spiro atoms. The second-order valence-corrected chi connectivity index (χ2v) is 5.53. The highest BCUT2D eigenvalue weighted by molar-refractivity contribution is 5.94. The van der Waals surface area contributed by atoms with Gasteiger partial charge < -0.3 is 15.2 Å². The number of anilines is 1. The number of rotatable bonds is 6. The van der Waals surface area contributed by atoms with Gasteiger partial charge in [0.15, 0.2) is 5.82 Å². The molecule has 0 saturated carbocycles. The van der Waals surface area contributed by atoms with E-state index in [0.29, 0.717) is 23.8 Å². The molecule has 0 aliphatic rings. The van der Waals surface area contributed by atoms with E-state index in [1.165, 1.54) is 6.20 Å². The molecular formula is C20H19N3O3. The molecule has 132 valence electrons. The fourth-order valence-electron chi connectivity index (χ4n) is 2.45. The molecule has 26 heavy (non-hydrogen) atoms. The van der Waals surface area contributed by atoms with E-state index in [1.807, 2.05) is 30.3 Å². The molecule has 2 aromatic carbocycles. The predicted octanol–water partition coefficient (Wildman–Crippen LogP) is 3.64. The van der Waals surface area contributed by atoms with Crippen LogP contribution in [0.1, 0.15) is 22.8 Å². The van der Waals surface area contributed by atoms with Crippen molar-refractivity contribution in [2.24, 2.45) is 0 Å². The fourth-order valence-corrected chi connectivity index (χ4v) is 2.45. The van der Waals surface area contributed by atoms with E-state index in [1.54, 1.807) is 31.2 Å². The molecule has 0 amide bonds. The van der Waals surface area contributed by atoms with Crippen LogP contribution in [0.15, 0.2) is 60.8 Å². The van der Waals surface area contributed by atoms with Crippen molar-refractivity contribution in [3.05, 3.63) is 71.9 Å². The summed E-state index contributed by atoms with van der Waals surface area (Å²) in [7, 11) is 0. The number of nitrogens with zero attached hydrogens (tertiary/aromatic N) is 2. The summed E-state index contributed by atoms with van der Waals surface area (Å²) >= 11 is 0. The van der Waals surface area contributed by atoms with Crippen molar-refractivity contribution in [2.45, 2.75) is 13.5 Å². The van der Waals surface area contributed by atoms with Gasteiger partial charge >= 0.3 is 5.97 Å². The summed E-state index contributed by atoms with van der Waals surface area (Å²) in [6, 6.07) is 16.6. The lowest BCUT2D eigenvalue weighted by atomic mass is 10.2. The molecule has 3 aromatic rings.